The second-order valence-electron chi connectivity index (χ2n) is 4.63. The molecule has 0 aromatic rings. The van der Waals surface area contributed by atoms with Gasteiger partial charge in [-0.25, -0.2) is 0 Å². The van der Waals surface area contributed by atoms with Gasteiger partial charge in [-0.3, -0.25) is 9.11 Å². The average molecular weight is 232 g/mol. The van der Waals surface area contributed by atoms with Crippen molar-refractivity contribution in [3.05, 3.63) is 0 Å². The molecule has 0 aromatic heterocycles. The van der Waals surface area contributed by atoms with Crippen LogP contribution >= 0.6 is 0 Å². The first-order valence-corrected chi connectivity index (χ1v) is 7.46. The summed E-state index contributed by atoms with van der Waals surface area (Å²) in [7, 11) is -0.702. The Hall–Kier alpha value is 0.0700. The van der Waals surface area contributed by atoms with E-state index < -0.39 is 10.8 Å². The summed E-state index contributed by atoms with van der Waals surface area (Å²) in [5, 5.41) is 3.78. The predicted octanol–water partition coefficient (Wildman–Crippen LogP) is 0.826. The molecular formula is C11H24N2OS. The highest BCUT2D eigenvalue weighted by atomic mass is 32.2. The Kier molecular flexibility index (Phi) is 5.23. The molecule has 0 radical (unpaired) electrons. The van der Waals surface area contributed by atoms with E-state index in [1.54, 1.807) is 6.26 Å². The third kappa shape index (κ3) is 3.85. The van der Waals surface area contributed by atoms with Crippen LogP contribution in [0.2, 0.25) is 0 Å². The lowest BCUT2D eigenvalue weighted by Crippen LogP contribution is -2.56. The molecule has 4 heteroatoms. The van der Waals surface area contributed by atoms with Gasteiger partial charge in [0.15, 0.2) is 0 Å². The molecule has 0 bridgehead atoms. The summed E-state index contributed by atoms with van der Waals surface area (Å²) in [5.74, 6) is 0. The predicted molar refractivity (Wildman–Crippen MR) is 66.6 cm³/mol. The van der Waals surface area contributed by atoms with Crippen LogP contribution in [0.25, 0.3) is 0 Å². The zero-order valence-electron chi connectivity index (χ0n) is 10.3. The smallest absolute Gasteiger partial charge is 0.0444 e. The first-order chi connectivity index (χ1) is 7.04. The van der Waals surface area contributed by atoms with Gasteiger partial charge in [-0.05, 0) is 20.3 Å². The Labute approximate surface area is 96.1 Å². The monoisotopic (exact) mass is 232 g/mol. The van der Waals surface area contributed by atoms with Crippen LogP contribution in [0.5, 0.6) is 0 Å². The van der Waals surface area contributed by atoms with Crippen molar-refractivity contribution < 1.29 is 4.21 Å². The van der Waals surface area contributed by atoms with Gasteiger partial charge in [-0.15, -0.1) is 0 Å². The van der Waals surface area contributed by atoms with Crippen LogP contribution in [0, 0.1) is 0 Å². The molecule has 0 saturated carbocycles. The van der Waals surface area contributed by atoms with Crippen molar-refractivity contribution in [1.82, 2.24) is 10.2 Å². The van der Waals surface area contributed by atoms with Crippen LogP contribution < -0.4 is 5.32 Å². The Balaban J connectivity index is 2.51. The topological polar surface area (TPSA) is 32.3 Å². The molecule has 4 unspecified atom stereocenters. The van der Waals surface area contributed by atoms with Crippen molar-refractivity contribution in [3.8, 4) is 0 Å². The van der Waals surface area contributed by atoms with Crippen molar-refractivity contribution in [3.63, 3.8) is 0 Å². The molecule has 4 atom stereocenters. The van der Waals surface area contributed by atoms with Crippen LogP contribution in [0.15, 0.2) is 0 Å². The third-order valence-electron chi connectivity index (χ3n) is 3.26. The summed E-state index contributed by atoms with van der Waals surface area (Å²) >= 11 is 0. The van der Waals surface area contributed by atoms with Crippen LogP contribution in [-0.4, -0.2) is 52.3 Å². The fraction of sp³-hybridized carbons (Fsp3) is 1.00. The first kappa shape index (κ1) is 13.1. The van der Waals surface area contributed by atoms with E-state index in [2.05, 4.69) is 31.0 Å². The minimum Gasteiger partial charge on any atom is -0.311 e. The highest BCUT2D eigenvalue weighted by molar-refractivity contribution is 7.84. The number of nitrogens with one attached hydrogen (secondary N) is 1. The summed E-state index contributed by atoms with van der Waals surface area (Å²) in [4.78, 5) is 2.49. The van der Waals surface area contributed by atoms with Crippen molar-refractivity contribution in [1.29, 1.82) is 0 Å². The van der Waals surface area contributed by atoms with Gasteiger partial charge in [-0.2, -0.15) is 0 Å². The molecule has 1 N–H and O–H groups in total. The van der Waals surface area contributed by atoms with Gasteiger partial charge < -0.3 is 5.32 Å². The molecule has 0 aromatic carbocycles. The van der Waals surface area contributed by atoms with Gasteiger partial charge >= 0.3 is 0 Å². The minimum atomic E-state index is -0.702. The van der Waals surface area contributed by atoms with E-state index in [4.69, 9.17) is 0 Å². The van der Waals surface area contributed by atoms with Gasteiger partial charge in [0.2, 0.25) is 0 Å². The lowest BCUT2D eigenvalue weighted by Gasteiger charge is -2.40. The van der Waals surface area contributed by atoms with E-state index in [1.807, 2.05) is 0 Å². The summed E-state index contributed by atoms with van der Waals surface area (Å²) in [5.41, 5.74) is 0. The first-order valence-electron chi connectivity index (χ1n) is 5.84. The Bertz CT molecular complexity index is 223. The number of hydrogen-bond donors (Lipinski definition) is 1. The largest absolute Gasteiger partial charge is 0.311 e. The van der Waals surface area contributed by atoms with E-state index >= 15 is 0 Å². The van der Waals surface area contributed by atoms with Crippen LogP contribution in [0.1, 0.15) is 27.2 Å². The Morgan fingerprint density at radius 3 is 2.80 bits per heavy atom. The lowest BCUT2D eigenvalue weighted by atomic mass is 10.1. The maximum Gasteiger partial charge on any atom is 0.0444 e. The van der Waals surface area contributed by atoms with Crippen molar-refractivity contribution in [2.24, 2.45) is 0 Å². The van der Waals surface area contributed by atoms with Crippen molar-refractivity contribution >= 4 is 10.8 Å². The zero-order chi connectivity index (χ0) is 11.4. The maximum absolute atomic E-state index is 11.4. The number of hydrogen-bond acceptors (Lipinski definition) is 3. The van der Waals surface area contributed by atoms with Crippen LogP contribution in [-0.2, 0) is 10.8 Å². The Morgan fingerprint density at radius 1 is 1.60 bits per heavy atom. The molecule has 0 spiro atoms. The van der Waals surface area contributed by atoms with Gasteiger partial charge in [0.05, 0.1) is 0 Å². The quantitative estimate of drug-likeness (QED) is 0.779. The minimum absolute atomic E-state index is 0.282. The normalized spacial score (nSPS) is 32.5. The summed E-state index contributed by atoms with van der Waals surface area (Å²) < 4.78 is 11.4. The maximum atomic E-state index is 11.4. The van der Waals surface area contributed by atoms with Gasteiger partial charge in [0.25, 0.3) is 0 Å². The van der Waals surface area contributed by atoms with Gasteiger partial charge in [-0.1, -0.05) is 6.92 Å². The lowest BCUT2D eigenvalue weighted by molar-refractivity contribution is 0.133. The van der Waals surface area contributed by atoms with Crippen molar-refractivity contribution in [2.45, 2.75) is 44.5 Å². The summed E-state index contributed by atoms with van der Waals surface area (Å²) in [6.45, 7) is 9.64. The molecule has 90 valence electrons. The molecule has 1 aliphatic heterocycles. The van der Waals surface area contributed by atoms with Gasteiger partial charge in [0, 0.05) is 54.0 Å². The average Bonchev–Trinajstić information content (AvgIpc) is 2.18. The second-order valence-corrected chi connectivity index (χ2v) is 6.44. The molecule has 1 aliphatic rings. The molecule has 15 heavy (non-hydrogen) atoms. The van der Waals surface area contributed by atoms with Crippen molar-refractivity contribution in [2.75, 3.05) is 25.9 Å². The zero-order valence-corrected chi connectivity index (χ0v) is 11.1. The van der Waals surface area contributed by atoms with Crippen LogP contribution in [0.4, 0.5) is 0 Å². The highest BCUT2D eigenvalue weighted by Crippen LogP contribution is 2.12. The van der Waals surface area contributed by atoms with E-state index in [0.717, 1.165) is 19.6 Å². The van der Waals surface area contributed by atoms with Crippen LogP contribution in [0.3, 0.4) is 0 Å². The molecule has 0 aliphatic carbocycles. The standard InChI is InChI=1S/C11H24N2OS/c1-5-11-6-12-9(2)7-13(11)8-10(3)15(4)14/h9-12H,5-8H2,1-4H3. The Morgan fingerprint density at radius 2 is 2.27 bits per heavy atom. The summed E-state index contributed by atoms with van der Waals surface area (Å²) in [6.07, 6.45) is 2.97. The molecule has 1 heterocycles. The fourth-order valence-corrected chi connectivity index (χ4v) is 2.49. The SMILES string of the molecule is CCC1CNC(C)CN1CC(C)S(C)=O. The number of piperazine rings is 1. The highest BCUT2D eigenvalue weighted by Gasteiger charge is 2.26. The van der Waals surface area contributed by atoms with E-state index in [1.165, 1.54) is 6.42 Å². The van der Waals surface area contributed by atoms with Gasteiger partial charge in [0.1, 0.15) is 0 Å². The molecule has 1 rings (SSSR count). The van der Waals surface area contributed by atoms with E-state index in [-0.39, 0.29) is 5.25 Å². The fourth-order valence-electron chi connectivity index (χ4n) is 2.09. The third-order valence-corrected chi connectivity index (χ3v) is 4.54. The second kappa shape index (κ2) is 5.97. The molecule has 1 fully saturated rings. The van der Waals surface area contributed by atoms with E-state index in [9.17, 15) is 4.21 Å². The molecular weight excluding hydrogens is 208 g/mol. The number of rotatable bonds is 4. The van der Waals surface area contributed by atoms with E-state index in [0.29, 0.717) is 12.1 Å². The summed E-state index contributed by atoms with van der Waals surface area (Å²) in [6, 6.07) is 1.18. The number of nitrogens with zero attached hydrogens (tertiary/aromatic N) is 1. The molecule has 3 nitrogen and oxygen atoms in total. The molecule has 0 amide bonds. The molecule has 1 saturated heterocycles.